The number of guanidine groups is 1. The molecule has 1 atom stereocenters. The van der Waals surface area contributed by atoms with Crippen molar-refractivity contribution in [3.63, 3.8) is 0 Å². The number of hydrogen-bond donors (Lipinski definition) is 1. The maximum atomic E-state index is 4.84. The number of benzene rings is 1. The first-order valence-electron chi connectivity index (χ1n) is 8.72. The van der Waals surface area contributed by atoms with Gasteiger partial charge in [-0.3, -0.25) is 0 Å². The number of hydrogen-bond acceptors (Lipinski definition) is 3. The zero-order valence-electron chi connectivity index (χ0n) is 14.9. The predicted molar refractivity (Wildman–Crippen MR) is 117 cm³/mol. The molecule has 0 bridgehead atoms. The summed E-state index contributed by atoms with van der Waals surface area (Å²) in [5, 5.41) is 3.45. The normalized spacial score (nSPS) is 17.4. The van der Waals surface area contributed by atoms with E-state index in [1.165, 1.54) is 16.9 Å². The Kier molecular flexibility index (Phi) is 8.15. The van der Waals surface area contributed by atoms with Gasteiger partial charge < -0.3 is 10.2 Å². The van der Waals surface area contributed by atoms with E-state index in [0.717, 1.165) is 44.3 Å². The lowest BCUT2D eigenvalue weighted by atomic mass is 9.99. The van der Waals surface area contributed by atoms with Gasteiger partial charge in [-0.1, -0.05) is 30.3 Å². The maximum absolute atomic E-state index is 4.84. The van der Waals surface area contributed by atoms with E-state index in [2.05, 4.69) is 59.4 Å². The fourth-order valence-corrected chi connectivity index (χ4v) is 3.89. The minimum atomic E-state index is 0. The minimum absolute atomic E-state index is 0. The van der Waals surface area contributed by atoms with E-state index in [-0.39, 0.29) is 24.0 Å². The van der Waals surface area contributed by atoms with Gasteiger partial charge in [0.25, 0.3) is 0 Å². The Labute approximate surface area is 171 Å². The maximum Gasteiger partial charge on any atom is 0.194 e. The first-order valence-corrected chi connectivity index (χ1v) is 9.60. The van der Waals surface area contributed by atoms with Crippen molar-refractivity contribution < 1.29 is 0 Å². The van der Waals surface area contributed by atoms with Gasteiger partial charge in [0, 0.05) is 24.5 Å². The highest BCUT2D eigenvalue weighted by Gasteiger charge is 2.25. The van der Waals surface area contributed by atoms with Crippen molar-refractivity contribution in [3.05, 3.63) is 52.0 Å². The van der Waals surface area contributed by atoms with Crippen LogP contribution in [0.15, 0.2) is 40.8 Å². The summed E-state index contributed by atoms with van der Waals surface area (Å²) in [6.45, 7) is 7.98. The summed E-state index contributed by atoms with van der Waals surface area (Å²) < 4.78 is 0. The molecule has 0 spiro atoms. The van der Waals surface area contributed by atoms with Gasteiger partial charge in [0.2, 0.25) is 0 Å². The van der Waals surface area contributed by atoms with Gasteiger partial charge in [-0.05, 0) is 38.2 Å². The van der Waals surface area contributed by atoms with Crippen molar-refractivity contribution in [2.24, 2.45) is 10.9 Å². The van der Waals surface area contributed by atoms with Crippen LogP contribution in [0, 0.1) is 12.8 Å². The third-order valence-electron chi connectivity index (χ3n) is 4.50. The summed E-state index contributed by atoms with van der Waals surface area (Å²) in [4.78, 5) is 12.8. The zero-order chi connectivity index (χ0) is 16.8. The Morgan fingerprint density at radius 3 is 2.84 bits per heavy atom. The van der Waals surface area contributed by atoms with Crippen LogP contribution in [0.5, 0.6) is 0 Å². The highest BCUT2D eigenvalue weighted by atomic mass is 127. The Balaban J connectivity index is 0.00000225. The second-order valence-electron chi connectivity index (χ2n) is 6.32. The molecule has 1 N–H and O–H groups in total. The number of aryl methyl sites for hydroxylation is 1. The van der Waals surface area contributed by atoms with Crippen LogP contribution in [0.3, 0.4) is 0 Å². The molecule has 1 aromatic heterocycles. The van der Waals surface area contributed by atoms with Crippen LogP contribution in [0.1, 0.15) is 29.5 Å². The molecule has 3 rings (SSSR count). The molecule has 1 saturated heterocycles. The molecule has 0 amide bonds. The van der Waals surface area contributed by atoms with Crippen molar-refractivity contribution in [1.82, 2.24) is 15.2 Å². The van der Waals surface area contributed by atoms with Crippen LogP contribution < -0.4 is 5.32 Å². The second-order valence-corrected chi connectivity index (χ2v) is 7.26. The summed E-state index contributed by atoms with van der Waals surface area (Å²) >= 11 is 1.69. The molecule has 6 heteroatoms. The van der Waals surface area contributed by atoms with Crippen molar-refractivity contribution in [2.75, 3.05) is 19.6 Å². The number of halogens is 1. The van der Waals surface area contributed by atoms with Crippen LogP contribution >= 0.6 is 35.3 Å². The molecule has 1 aliphatic rings. The van der Waals surface area contributed by atoms with Crippen molar-refractivity contribution >= 4 is 41.3 Å². The molecule has 0 aliphatic carbocycles. The van der Waals surface area contributed by atoms with Crippen LogP contribution in [0.25, 0.3) is 0 Å². The van der Waals surface area contributed by atoms with Crippen LogP contribution in [-0.2, 0) is 13.0 Å². The lowest BCUT2D eigenvalue weighted by Crippen LogP contribution is -2.40. The van der Waals surface area contributed by atoms with Crippen molar-refractivity contribution in [2.45, 2.75) is 33.2 Å². The van der Waals surface area contributed by atoms with Gasteiger partial charge in [-0.15, -0.1) is 35.3 Å². The standard InChI is InChI=1S/C19H26N4S.HI/c1-3-20-19(21-12-18-15(2)22-14-24-18)23-10-9-17(13-23)11-16-7-5-4-6-8-16;/h4-8,14,17H,3,9-13H2,1-2H3,(H,20,21);1H. The van der Waals surface area contributed by atoms with Gasteiger partial charge in [-0.2, -0.15) is 0 Å². The Morgan fingerprint density at radius 1 is 1.36 bits per heavy atom. The van der Waals surface area contributed by atoms with E-state index in [4.69, 9.17) is 4.99 Å². The summed E-state index contributed by atoms with van der Waals surface area (Å²) in [6, 6.07) is 10.8. The third kappa shape index (κ3) is 5.67. The van der Waals surface area contributed by atoms with E-state index in [9.17, 15) is 0 Å². The van der Waals surface area contributed by atoms with E-state index < -0.39 is 0 Å². The van der Waals surface area contributed by atoms with Gasteiger partial charge in [0.05, 0.1) is 17.7 Å². The quantitative estimate of drug-likeness (QED) is 0.407. The number of nitrogens with one attached hydrogen (secondary N) is 1. The Bertz CT molecular complexity index is 671. The van der Waals surface area contributed by atoms with Gasteiger partial charge >= 0.3 is 0 Å². The molecule has 2 aromatic rings. The fourth-order valence-electron chi connectivity index (χ4n) is 3.19. The first kappa shape index (κ1) is 20.2. The molecule has 1 aliphatic heterocycles. The highest BCUT2D eigenvalue weighted by molar-refractivity contribution is 14.0. The number of aromatic nitrogens is 1. The molecular weight excluding hydrogens is 443 g/mol. The number of aliphatic imine (C=N–C) groups is 1. The van der Waals surface area contributed by atoms with E-state index in [0.29, 0.717) is 5.92 Å². The van der Waals surface area contributed by atoms with E-state index >= 15 is 0 Å². The molecular formula is C19H27IN4S. The summed E-state index contributed by atoms with van der Waals surface area (Å²) in [7, 11) is 0. The SMILES string of the molecule is CCNC(=NCc1scnc1C)N1CCC(Cc2ccccc2)C1.I. The van der Waals surface area contributed by atoms with Crippen LogP contribution in [-0.4, -0.2) is 35.5 Å². The number of nitrogens with zero attached hydrogens (tertiary/aromatic N) is 3. The largest absolute Gasteiger partial charge is 0.357 e. The molecule has 1 fully saturated rings. The smallest absolute Gasteiger partial charge is 0.194 e. The topological polar surface area (TPSA) is 40.5 Å². The van der Waals surface area contributed by atoms with Gasteiger partial charge in [0.15, 0.2) is 5.96 Å². The molecule has 0 saturated carbocycles. The monoisotopic (exact) mass is 470 g/mol. The molecule has 1 unspecified atom stereocenters. The highest BCUT2D eigenvalue weighted by Crippen LogP contribution is 2.21. The Morgan fingerprint density at radius 2 is 2.16 bits per heavy atom. The minimum Gasteiger partial charge on any atom is -0.357 e. The lowest BCUT2D eigenvalue weighted by molar-refractivity contribution is 0.460. The summed E-state index contributed by atoms with van der Waals surface area (Å²) in [5.41, 5.74) is 4.44. The fraction of sp³-hybridized carbons (Fsp3) is 0.474. The van der Waals surface area contributed by atoms with Crippen molar-refractivity contribution in [1.29, 1.82) is 0 Å². The molecule has 1 aromatic carbocycles. The predicted octanol–water partition coefficient (Wildman–Crippen LogP) is 4.10. The first-order chi connectivity index (χ1) is 11.8. The molecule has 0 radical (unpaired) electrons. The van der Waals surface area contributed by atoms with Crippen LogP contribution in [0.2, 0.25) is 0 Å². The number of rotatable bonds is 5. The molecule has 25 heavy (non-hydrogen) atoms. The molecule has 4 nitrogen and oxygen atoms in total. The summed E-state index contributed by atoms with van der Waals surface area (Å²) in [6.07, 6.45) is 2.39. The second kappa shape index (κ2) is 10.1. The zero-order valence-corrected chi connectivity index (χ0v) is 18.1. The Hall–Kier alpha value is -1.15. The van der Waals surface area contributed by atoms with Crippen molar-refractivity contribution in [3.8, 4) is 0 Å². The molecule has 136 valence electrons. The number of thiazole rings is 1. The average molecular weight is 470 g/mol. The van der Waals surface area contributed by atoms with E-state index in [1.807, 2.05) is 5.51 Å². The average Bonchev–Trinajstić information content (AvgIpc) is 3.22. The third-order valence-corrected chi connectivity index (χ3v) is 5.42. The van der Waals surface area contributed by atoms with Crippen LogP contribution in [0.4, 0.5) is 0 Å². The number of likely N-dealkylation sites (tertiary alicyclic amines) is 1. The van der Waals surface area contributed by atoms with E-state index in [1.54, 1.807) is 11.3 Å². The van der Waals surface area contributed by atoms with Gasteiger partial charge in [0.1, 0.15) is 0 Å². The summed E-state index contributed by atoms with van der Waals surface area (Å²) in [5.74, 6) is 1.75. The molecule has 2 heterocycles. The lowest BCUT2D eigenvalue weighted by Gasteiger charge is -2.21. The van der Waals surface area contributed by atoms with Gasteiger partial charge in [-0.25, -0.2) is 9.98 Å².